The Morgan fingerprint density at radius 2 is 2.07 bits per heavy atom. The van der Waals surface area contributed by atoms with E-state index in [2.05, 4.69) is 20.6 Å². The second-order valence-corrected chi connectivity index (χ2v) is 3.38. The summed E-state index contributed by atoms with van der Waals surface area (Å²) in [4.78, 5) is 8.11. The number of hydrogen-bond donors (Lipinski definition) is 2. The van der Waals surface area contributed by atoms with Crippen molar-refractivity contribution in [1.82, 2.24) is 9.97 Å². The maximum Gasteiger partial charge on any atom is 0.131 e. The zero-order valence-electron chi connectivity index (χ0n) is 9.45. The van der Waals surface area contributed by atoms with Gasteiger partial charge in [-0.15, -0.1) is 0 Å². The highest BCUT2D eigenvalue weighted by molar-refractivity contribution is 5.45. The minimum Gasteiger partial charge on any atom is -0.377 e. The molecule has 0 saturated carbocycles. The minimum absolute atomic E-state index is 0.269. The van der Waals surface area contributed by atoms with Gasteiger partial charge in [-0.25, -0.2) is 9.97 Å². The first-order valence-corrected chi connectivity index (χ1v) is 5.07. The van der Waals surface area contributed by atoms with E-state index in [4.69, 9.17) is 4.74 Å². The molecule has 0 amide bonds. The van der Waals surface area contributed by atoms with E-state index < -0.39 is 0 Å². The number of anilines is 2. The van der Waals surface area contributed by atoms with Crippen LogP contribution in [0.3, 0.4) is 0 Å². The minimum atomic E-state index is 0.269. The zero-order valence-corrected chi connectivity index (χ0v) is 9.45. The molecule has 84 valence electrons. The Bertz CT molecular complexity index is 291. The molecule has 0 atom stereocenters. The molecule has 1 aromatic heterocycles. The van der Waals surface area contributed by atoms with E-state index >= 15 is 0 Å². The molecule has 0 bridgehead atoms. The highest BCUT2D eigenvalue weighted by Gasteiger charge is 1.96. The van der Waals surface area contributed by atoms with Gasteiger partial charge in [-0.3, -0.25) is 0 Å². The molecule has 1 rings (SSSR count). The smallest absolute Gasteiger partial charge is 0.131 e. The fraction of sp³-hybridized carbons (Fsp3) is 0.600. The van der Waals surface area contributed by atoms with Crippen molar-refractivity contribution in [2.75, 3.05) is 30.8 Å². The van der Waals surface area contributed by atoms with Crippen LogP contribution in [0.4, 0.5) is 11.6 Å². The summed E-state index contributed by atoms with van der Waals surface area (Å²) in [7, 11) is 1.83. The summed E-state index contributed by atoms with van der Waals surface area (Å²) in [6, 6.07) is 1.86. The van der Waals surface area contributed by atoms with Crippen LogP contribution in [0, 0.1) is 0 Å². The summed E-state index contributed by atoms with van der Waals surface area (Å²) >= 11 is 0. The number of aromatic nitrogens is 2. The third-order valence-corrected chi connectivity index (χ3v) is 1.78. The van der Waals surface area contributed by atoms with Gasteiger partial charge in [0.15, 0.2) is 0 Å². The molecule has 1 heterocycles. The van der Waals surface area contributed by atoms with Gasteiger partial charge in [0, 0.05) is 19.7 Å². The zero-order chi connectivity index (χ0) is 11.1. The summed E-state index contributed by atoms with van der Waals surface area (Å²) in [5.74, 6) is 1.61. The molecule has 0 aromatic carbocycles. The summed E-state index contributed by atoms with van der Waals surface area (Å²) in [6.45, 7) is 5.46. The SMILES string of the molecule is CNc1cc(NCCOC(C)C)ncn1. The van der Waals surface area contributed by atoms with Gasteiger partial charge < -0.3 is 15.4 Å². The topological polar surface area (TPSA) is 59.1 Å². The molecule has 0 fully saturated rings. The maximum atomic E-state index is 5.40. The van der Waals surface area contributed by atoms with Gasteiger partial charge in [-0.1, -0.05) is 0 Å². The fourth-order valence-electron chi connectivity index (χ4n) is 1.06. The van der Waals surface area contributed by atoms with Gasteiger partial charge in [0.1, 0.15) is 18.0 Å². The van der Waals surface area contributed by atoms with Crippen molar-refractivity contribution in [3.63, 3.8) is 0 Å². The largest absolute Gasteiger partial charge is 0.377 e. The standard InChI is InChI=1S/C10H18N4O/c1-8(2)15-5-4-12-10-6-9(11-3)13-7-14-10/h6-8H,4-5H2,1-3H3,(H2,11,12,13,14). The van der Waals surface area contributed by atoms with Crippen molar-refractivity contribution >= 4 is 11.6 Å². The molecule has 0 aliphatic heterocycles. The lowest BCUT2D eigenvalue weighted by Gasteiger charge is -2.09. The molecule has 0 saturated heterocycles. The molecule has 2 N–H and O–H groups in total. The van der Waals surface area contributed by atoms with Crippen LogP contribution in [-0.2, 0) is 4.74 Å². The van der Waals surface area contributed by atoms with Crippen LogP contribution in [-0.4, -0.2) is 36.3 Å². The van der Waals surface area contributed by atoms with E-state index in [1.54, 1.807) is 0 Å². The molecule has 0 unspecified atom stereocenters. The number of hydrogen-bond acceptors (Lipinski definition) is 5. The van der Waals surface area contributed by atoms with E-state index in [1.807, 2.05) is 27.0 Å². The molecular weight excluding hydrogens is 192 g/mol. The molecule has 0 radical (unpaired) electrons. The van der Waals surface area contributed by atoms with Crippen LogP contribution >= 0.6 is 0 Å². The Morgan fingerprint density at radius 3 is 2.73 bits per heavy atom. The number of nitrogens with zero attached hydrogens (tertiary/aromatic N) is 2. The van der Waals surface area contributed by atoms with Crippen molar-refractivity contribution in [3.8, 4) is 0 Å². The van der Waals surface area contributed by atoms with Crippen molar-refractivity contribution < 1.29 is 4.74 Å². The first-order chi connectivity index (χ1) is 7.22. The Hall–Kier alpha value is -1.36. The number of nitrogens with one attached hydrogen (secondary N) is 2. The predicted octanol–water partition coefficient (Wildman–Crippen LogP) is 1.36. The third kappa shape index (κ3) is 4.60. The van der Waals surface area contributed by atoms with Gasteiger partial charge in [0.2, 0.25) is 0 Å². The molecule has 5 nitrogen and oxygen atoms in total. The third-order valence-electron chi connectivity index (χ3n) is 1.78. The van der Waals surface area contributed by atoms with Crippen LogP contribution < -0.4 is 10.6 Å². The normalized spacial score (nSPS) is 10.4. The van der Waals surface area contributed by atoms with Crippen molar-refractivity contribution in [2.24, 2.45) is 0 Å². The Morgan fingerprint density at radius 1 is 1.33 bits per heavy atom. The average molecular weight is 210 g/mol. The molecular formula is C10H18N4O. The van der Waals surface area contributed by atoms with Crippen LogP contribution in [0.5, 0.6) is 0 Å². The summed E-state index contributed by atoms with van der Waals surface area (Å²) in [5.41, 5.74) is 0. The fourth-order valence-corrected chi connectivity index (χ4v) is 1.06. The summed E-state index contributed by atoms with van der Waals surface area (Å²) in [5, 5.41) is 6.11. The van der Waals surface area contributed by atoms with Crippen LogP contribution in [0.2, 0.25) is 0 Å². The highest BCUT2D eigenvalue weighted by atomic mass is 16.5. The van der Waals surface area contributed by atoms with E-state index in [9.17, 15) is 0 Å². The van der Waals surface area contributed by atoms with E-state index in [0.29, 0.717) is 6.61 Å². The first-order valence-electron chi connectivity index (χ1n) is 5.07. The lowest BCUT2D eigenvalue weighted by Crippen LogP contribution is -2.14. The molecule has 0 aliphatic carbocycles. The van der Waals surface area contributed by atoms with Gasteiger partial charge in [-0.05, 0) is 13.8 Å². The average Bonchev–Trinajstić information content (AvgIpc) is 2.24. The van der Waals surface area contributed by atoms with Crippen LogP contribution in [0.1, 0.15) is 13.8 Å². The van der Waals surface area contributed by atoms with Crippen molar-refractivity contribution in [2.45, 2.75) is 20.0 Å². The molecule has 1 aromatic rings. The first kappa shape index (κ1) is 11.7. The lowest BCUT2D eigenvalue weighted by molar-refractivity contribution is 0.0870. The number of ether oxygens (including phenoxy) is 1. The summed E-state index contributed by atoms with van der Waals surface area (Å²) < 4.78 is 5.40. The van der Waals surface area contributed by atoms with E-state index in [1.165, 1.54) is 6.33 Å². The molecule has 0 spiro atoms. The van der Waals surface area contributed by atoms with E-state index in [0.717, 1.165) is 18.2 Å². The quantitative estimate of drug-likeness (QED) is 0.694. The van der Waals surface area contributed by atoms with Crippen molar-refractivity contribution in [1.29, 1.82) is 0 Å². The van der Waals surface area contributed by atoms with E-state index in [-0.39, 0.29) is 6.10 Å². The number of rotatable bonds is 6. The monoisotopic (exact) mass is 210 g/mol. The molecule has 15 heavy (non-hydrogen) atoms. The van der Waals surface area contributed by atoms with Gasteiger partial charge in [-0.2, -0.15) is 0 Å². The van der Waals surface area contributed by atoms with Gasteiger partial charge in [0.05, 0.1) is 12.7 Å². The summed E-state index contributed by atoms with van der Waals surface area (Å²) in [6.07, 6.45) is 1.79. The van der Waals surface area contributed by atoms with Crippen LogP contribution in [0.25, 0.3) is 0 Å². The van der Waals surface area contributed by atoms with Gasteiger partial charge in [0.25, 0.3) is 0 Å². The Balaban J connectivity index is 2.30. The maximum absolute atomic E-state index is 5.40. The van der Waals surface area contributed by atoms with Crippen LogP contribution in [0.15, 0.2) is 12.4 Å². The Labute approximate surface area is 90.3 Å². The molecule has 5 heteroatoms. The highest BCUT2D eigenvalue weighted by Crippen LogP contribution is 2.06. The second kappa shape index (κ2) is 6.19. The van der Waals surface area contributed by atoms with Gasteiger partial charge >= 0.3 is 0 Å². The second-order valence-electron chi connectivity index (χ2n) is 3.38. The lowest BCUT2D eigenvalue weighted by atomic mass is 10.5. The Kier molecular flexibility index (Phi) is 4.83. The molecule has 0 aliphatic rings. The van der Waals surface area contributed by atoms with Crippen molar-refractivity contribution in [3.05, 3.63) is 12.4 Å². The predicted molar refractivity (Wildman–Crippen MR) is 61.2 cm³/mol.